The number of allylic oxidation sites excluding steroid dienone is 2. The second-order valence-electron chi connectivity index (χ2n) is 4.07. The molecule has 0 atom stereocenters. The maximum atomic E-state index is 11.7. The van der Waals surface area contributed by atoms with E-state index in [0.717, 1.165) is 24.0 Å². The van der Waals surface area contributed by atoms with Crippen LogP contribution in [-0.4, -0.2) is 11.6 Å². The Balaban J connectivity index is 2.31. The van der Waals surface area contributed by atoms with Gasteiger partial charge in [0.1, 0.15) is 0 Å². The van der Waals surface area contributed by atoms with Gasteiger partial charge in [0.25, 0.3) is 0 Å². The Bertz CT molecular complexity index is 452. The van der Waals surface area contributed by atoms with E-state index in [4.69, 9.17) is 0 Å². The monoisotopic (exact) mass is 214 g/mol. The van der Waals surface area contributed by atoms with Crippen molar-refractivity contribution in [1.82, 2.24) is 0 Å². The summed E-state index contributed by atoms with van der Waals surface area (Å²) < 4.78 is 0. The maximum Gasteiger partial charge on any atom is 0.163 e. The molecule has 0 aromatic heterocycles. The van der Waals surface area contributed by atoms with Gasteiger partial charge in [0.05, 0.1) is 0 Å². The van der Waals surface area contributed by atoms with Gasteiger partial charge in [-0.2, -0.15) is 0 Å². The fourth-order valence-electron chi connectivity index (χ4n) is 1.92. The minimum absolute atomic E-state index is 0.0514. The third kappa shape index (κ3) is 2.11. The number of hydrogen-bond donors (Lipinski definition) is 0. The zero-order chi connectivity index (χ0) is 11.5. The lowest BCUT2D eigenvalue weighted by molar-refractivity contribution is -0.114. The average molecular weight is 214 g/mol. The molecular weight excluding hydrogens is 200 g/mol. The average Bonchev–Trinajstić information content (AvgIpc) is 2.30. The van der Waals surface area contributed by atoms with Crippen LogP contribution >= 0.6 is 0 Å². The van der Waals surface area contributed by atoms with Crippen LogP contribution in [0.25, 0.3) is 5.57 Å². The molecule has 0 heterocycles. The van der Waals surface area contributed by atoms with Crippen LogP contribution in [0.15, 0.2) is 30.3 Å². The molecular formula is C14H14O2. The van der Waals surface area contributed by atoms with Crippen molar-refractivity contribution < 1.29 is 9.59 Å². The van der Waals surface area contributed by atoms with E-state index in [0.29, 0.717) is 12.0 Å². The molecule has 2 nitrogen and oxygen atoms in total. The molecule has 0 radical (unpaired) electrons. The molecule has 1 aromatic rings. The SMILES string of the molecule is CC(=O)c1ccc(C2=CCCCC2=O)cc1. The van der Waals surface area contributed by atoms with Gasteiger partial charge in [0.15, 0.2) is 11.6 Å². The lowest BCUT2D eigenvalue weighted by atomic mass is 9.92. The maximum absolute atomic E-state index is 11.7. The fourth-order valence-corrected chi connectivity index (χ4v) is 1.92. The molecule has 0 fully saturated rings. The Morgan fingerprint density at radius 2 is 1.88 bits per heavy atom. The summed E-state index contributed by atoms with van der Waals surface area (Å²) in [5, 5.41) is 0. The van der Waals surface area contributed by atoms with Gasteiger partial charge in [-0.3, -0.25) is 9.59 Å². The van der Waals surface area contributed by atoms with Crippen molar-refractivity contribution in [3.63, 3.8) is 0 Å². The number of hydrogen-bond acceptors (Lipinski definition) is 2. The summed E-state index contributed by atoms with van der Waals surface area (Å²) in [5.74, 6) is 0.261. The summed E-state index contributed by atoms with van der Waals surface area (Å²) in [4.78, 5) is 22.8. The quantitative estimate of drug-likeness (QED) is 0.709. The van der Waals surface area contributed by atoms with Crippen molar-refractivity contribution in [2.75, 3.05) is 0 Å². The first-order valence-electron chi connectivity index (χ1n) is 5.53. The summed E-state index contributed by atoms with van der Waals surface area (Å²) in [7, 11) is 0. The number of benzene rings is 1. The Hall–Kier alpha value is -1.70. The van der Waals surface area contributed by atoms with Crippen LogP contribution in [0.3, 0.4) is 0 Å². The number of ketones is 2. The second-order valence-corrected chi connectivity index (χ2v) is 4.07. The Morgan fingerprint density at radius 1 is 1.19 bits per heavy atom. The zero-order valence-electron chi connectivity index (χ0n) is 9.32. The van der Waals surface area contributed by atoms with Gasteiger partial charge >= 0.3 is 0 Å². The van der Waals surface area contributed by atoms with E-state index in [1.807, 2.05) is 18.2 Å². The highest BCUT2D eigenvalue weighted by Gasteiger charge is 2.15. The molecule has 0 unspecified atom stereocenters. The number of rotatable bonds is 2. The summed E-state index contributed by atoms with van der Waals surface area (Å²) >= 11 is 0. The molecule has 0 saturated carbocycles. The highest BCUT2D eigenvalue weighted by molar-refractivity contribution is 6.21. The molecule has 1 aliphatic rings. The van der Waals surface area contributed by atoms with Gasteiger partial charge in [-0.1, -0.05) is 30.3 Å². The lowest BCUT2D eigenvalue weighted by Gasteiger charge is -2.11. The van der Waals surface area contributed by atoms with Crippen molar-refractivity contribution >= 4 is 17.1 Å². The minimum Gasteiger partial charge on any atom is -0.295 e. The van der Waals surface area contributed by atoms with Gasteiger partial charge in [-0.15, -0.1) is 0 Å². The molecule has 0 amide bonds. The standard InChI is InChI=1S/C14H14O2/c1-10(15)11-6-8-12(9-7-11)13-4-2-3-5-14(13)16/h4,6-9H,2-3,5H2,1H3. The molecule has 2 rings (SSSR count). The van der Waals surface area contributed by atoms with Crippen LogP contribution in [0.1, 0.15) is 42.1 Å². The predicted molar refractivity (Wildman–Crippen MR) is 63.3 cm³/mol. The lowest BCUT2D eigenvalue weighted by Crippen LogP contribution is -2.06. The molecule has 1 aromatic carbocycles. The van der Waals surface area contributed by atoms with Gasteiger partial charge in [0.2, 0.25) is 0 Å². The first-order chi connectivity index (χ1) is 7.68. The molecule has 0 spiro atoms. The van der Waals surface area contributed by atoms with E-state index in [1.165, 1.54) is 0 Å². The largest absolute Gasteiger partial charge is 0.295 e. The fraction of sp³-hybridized carbons (Fsp3) is 0.286. The highest BCUT2D eigenvalue weighted by atomic mass is 16.1. The van der Waals surface area contributed by atoms with Crippen LogP contribution in [-0.2, 0) is 4.79 Å². The minimum atomic E-state index is 0.0514. The van der Waals surface area contributed by atoms with Crippen molar-refractivity contribution in [2.24, 2.45) is 0 Å². The van der Waals surface area contributed by atoms with E-state index in [1.54, 1.807) is 19.1 Å². The van der Waals surface area contributed by atoms with Crippen molar-refractivity contribution in [1.29, 1.82) is 0 Å². The zero-order valence-corrected chi connectivity index (χ0v) is 9.32. The summed E-state index contributed by atoms with van der Waals surface area (Å²) in [5.41, 5.74) is 2.42. The third-order valence-corrected chi connectivity index (χ3v) is 2.86. The van der Waals surface area contributed by atoms with Crippen molar-refractivity contribution in [3.8, 4) is 0 Å². The van der Waals surface area contributed by atoms with Gasteiger partial charge in [-0.05, 0) is 25.3 Å². The molecule has 2 heteroatoms. The van der Waals surface area contributed by atoms with Gasteiger partial charge in [0, 0.05) is 17.6 Å². The third-order valence-electron chi connectivity index (χ3n) is 2.86. The molecule has 0 aliphatic heterocycles. The number of Topliss-reactive ketones (excluding diaryl/α,β-unsaturated/α-hetero) is 2. The van der Waals surface area contributed by atoms with Crippen molar-refractivity contribution in [2.45, 2.75) is 26.2 Å². The molecule has 0 N–H and O–H groups in total. The molecule has 1 aliphatic carbocycles. The predicted octanol–water partition coefficient (Wildman–Crippen LogP) is 3.03. The van der Waals surface area contributed by atoms with Gasteiger partial charge in [-0.25, -0.2) is 0 Å². The van der Waals surface area contributed by atoms with Crippen LogP contribution in [0, 0.1) is 0 Å². The van der Waals surface area contributed by atoms with Crippen LogP contribution in [0.5, 0.6) is 0 Å². The highest BCUT2D eigenvalue weighted by Crippen LogP contribution is 2.24. The molecule has 0 bridgehead atoms. The van der Waals surface area contributed by atoms with Crippen LogP contribution < -0.4 is 0 Å². The number of carbonyl (C=O) groups is 2. The van der Waals surface area contributed by atoms with Crippen molar-refractivity contribution in [3.05, 3.63) is 41.5 Å². The Morgan fingerprint density at radius 3 is 2.44 bits per heavy atom. The summed E-state index contributed by atoms with van der Waals surface area (Å²) in [6, 6.07) is 7.26. The van der Waals surface area contributed by atoms with Crippen LogP contribution in [0.2, 0.25) is 0 Å². The number of carbonyl (C=O) groups excluding carboxylic acids is 2. The summed E-state index contributed by atoms with van der Waals surface area (Å²) in [6.07, 6.45) is 4.55. The Labute approximate surface area is 95.0 Å². The molecule has 0 saturated heterocycles. The van der Waals surface area contributed by atoms with E-state index < -0.39 is 0 Å². The normalized spacial score (nSPS) is 15.8. The van der Waals surface area contributed by atoms with E-state index >= 15 is 0 Å². The molecule has 16 heavy (non-hydrogen) atoms. The second kappa shape index (κ2) is 4.44. The topological polar surface area (TPSA) is 34.1 Å². The smallest absolute Gasteiger partial charge is 0.163 e. The molecule has 82 valence electrons. The van der Waals surface area contributed by atoms with E-state index in [2.05, 4.69) is 0 Å². The Kier molecular flexibility index (Phi) is 3.00. The first kappa shape index (κ1) is 10.8. The van der Waals surface area contributed by atoms with Gasteiger partial charge < -0.3 is 0 Å². The van der Waals surface area contributed by atoms with E-state index in [-0.39, 0.29) is 11.6 Å². The first-order valence-corrected chi connectivity index (χ1v) is 5.53. The van der Waals surface area contributed by atoms with E-state index in [9.17, 15) is 9.59 Å². The van der Waals surface area contributed by atoms with Crippen LogP contribution in [0.4, 0.5) is 0 Å². The summed E-state index contributed by atoms with van der Waals surface area (Å²) in [6.45, 7) is 1.54.